The summed E-state index contributed by atoms with van der Waals surface area (Å²) in [6.45, 7) is 0.378. The second-order valence-corrected chi connectivity index (χ2v) is 4.72. The van der Waals surface area contributed by atoms with Gasteiger partial charge in [-0.05, 0) is 23.8 Å². The molecule has 1 heterocycles. The molecule has 1 aromatic carbocycles. The first kappa shape index (κ1) is 13.8. The zero-order valence-electron chi connectivity index (χ0n) is 9.94. The highest BCUT2D eigenvalue weighted by Gasteiger charge is 2.06. The molecule has 6 heteroatoms. The molecule has 0 aliphatic heterocycles. The number of rotatable bonds is 4. The van der Waals surface area contributed by atoms with Crippen LogP contribution in [0.4, 0.5) is 0 Å². The fourth-order valence-corrected chi connectivity index (χ4v) is 1.83. The summed E-state index contributed by atoms with van der Waals surface area (Å²) in [5.74, 6) is -0.1000. The third kappa shape index (κ3) is 4.19. The number of nitrogens with one attached hydrogen (secondary N) is 1. The Kier molecular flexibility index (Phi) is 4.71. The molecule has 19 heavy (non-hydrogen) atoms. The summed E-state index contributed by atoms with van der Waals surface area (Å²) in [4.78, 5) is 19.6. The summed E-state index contributed by atoms with van der Waals surface area (Å²) in [5.41, 5.74) is 1.58. The van der Waals surface area contributed by atoms with Crippen LogP contribution < -0.4 is 5.32 Å². The van der Waals surface area contributed by atoms with Crippen LogP contribution in [0.5, 0.6) is 0 Å². The number of aromatic nitrogens is 2. The molecule has 0 saturated carbocycles. The molecule has 0 aliphatic rings. The molecule has 2 rings (SSSR count). The van der Waals surface area contributed by atoms with E-state index in [1.165, 1.54) is 6.33 Å². The van der Waals surface area contributed by atoms with Crippen molar-refractivity contribution in [1.29, 1.82) is 0 Å². The molecule has 0 atom stereocenters. The van der Waals surface area contributed by atoms with Crippen molar-refractivity contribution >= 4 is 29.1 Å². The molecule has 4 nitrogen and oxygen atoms in total. The van der Waals surface area contributed by atoms with Crippen molar-refractivity contribution in [3.05, 3.63) is 58.1 Å². The van der Waals surface area contributed by atoms with E-state index in [0.29, 0.717) is 16.6 Å². The van der Waals surface area contributed by atoms with E-state index in [0.717, 1.165) is 11.3 Å². The van der Waals surface area contributed by atoms with Crippen molar-refractivity contribution < 1.29 is 4.79 Å². The number of amides is 1. The summed E-state index contributed by atoms with van der Waals surface area (Å²) in [7, 11) is 0. The van der Waals surface area contributed by atoms with Crippen LogP contribution in [0.1, 0.15) is 11.3 Å². The Morgan fingerprint density at radius 1 is 1.21 bits per heavy atom. The molecular formula is C13H11Cl2N3O. The average Bonchev–Trinajstić information content (AvgIpc) is 2.42. The Morgan fingerprint density at radius 2 is 2.05 bits per heavy atom. The lowest BCUT2D eigenvalue weighted by molar-refractivity contribution is -0.120. The summed E-state index contributed by atoms with van der Waals surface area (Å²) >= 11 is 11.7. The van der Waals surface area contributed by atoms with E-state index in [2.05, 4.69) is 15.3 Å². The van der Waals surface area contributed by atoms with E-state index >= 15 is 0 Å². The lowest BCUT2D eigenvalue weighted by Gasteiger charge is -2.05. The van der Waals surface area contributed by atoms with Crippen molar-refractivity contribution in [2.75, 3.05) is 0 Å². The van der Waals surface area contributed by atoms with Crippen LogP contribution >= 0.6 is 23.2 Å². The van der Waals surface area contributed by atoms with Gasteiger partial charge in [-0.15, -0.1) is 0 Å². The number of halogens is 2. The summed E-state index contributed by atoms with van der Waals surface area (Å²) in [6, 6.07) is 6.89. The van der Waals surface area contributed by atoms with Gasteiger partial charge >= 0.3 is 0 Å². The van der Waals surface area contributed by atoms with Crippen molar-refractivity contribution in [2.24, 2.45) is 0 Å². The fraction of sp³-hybridized carbons (Fsp3) is 0.154. The lowest BCUT2D eigenvalue weighted by Crippen LogP contribution is -2.25. The molecule has 0 bridgehead atoms. The maximum atomic E-state index is 11.8. The number of nitrogens with zero attached hydrogens (tertiary/aromatic N) is 2. The molecule has 0 fully saturated rings. The van der Waals surface area contributed by atoms with Crippen LogP contribution in [0.3, 0.4) is 0 Å². The highest BCUT2D eigenvalue weighted by molar-refractivity contribution is 6.42. The van der Waals surface area contributed by atoms with Crippen LogP contribution in [0, 0.1) is 0 Å². The highest BCUT2D eigenvalue weighted by Crippen LogP contribution is 2.22. The van der Waals surface area contributed by atoms with Gasteiger partial charge in [-0.25, -0.2) is 9.97 Å². The number of carbonyl (C=O) groups excluding carboxylic acids is 1. The standard InChI is InChI=1S/C13H11Cl2N3O/c14-11-2-1-9(5-12(11)15)6-13(19)17-7-10-3-4-16-8-18-10/h1-5,8H,6-7H2,(H,17,19). The van der Waals surface area contributed by atoms with E-state index in [4.69, 9.17) is 23.2 Å². The van der Waals surface area contributed by atoms with Gasteiger partial charge in [0.1, 0.15) is 6.33 Å². The van der Waals surface area contributed by atoms with Crippen molar-refractivity contribution in [1.82, 2.24) is 15.3 Å². The predicted molar refractivity (Wildman–Crippen MR) is 74.0 cm³/mol. The number of hydrogen-bond acceptors (Lipinski definition) is 3. The van der Waals surface area contributed by atoms with E-state index < -0.39 is 0 Å². The maximum absolute atomic E-state index is 11.8. The van der Waals surface area contributed by atoms with Crippen LogP contribution in [0.15, 0.2) is 36.8 Å². The number of carbonyl (C=O) groups is 1. The smallest absolute Gasteiger partial charge is 0.224 e. The zero-order chi connectivity index (χ0) is 13.7. The molecule has 2 aromatic rings. The third-order valence-corrected chi connectivity index (χ3v) is 3.20. The first-order chi connectivity index (χ1) is 9.15. The molecule has 1 aromatic heterocycles. The van der Waals surface area contributed by atoms with E-state index in [1.807, 2.05) is 0 Å². The van der Waals surface area contributed by atoms with Crippen LogP contribution in [-0.2, 0) is 17.8 Å². The molecule has 1 amide bonds. The van der Waals surface area contributed by atoms with Crippen LogP contribution in [-0.4, -0.2) is 15.9 Å². The van der Waals surface area contributed by atoms with Gasteiger partial charge in [-0.1, -0.05) is 29.3 Å². The maximum Gasteiger partial charge on any atom is 0.224 e. The van der Waals surface area contributed by atoms with Gasteiger partial charge in [0.15, 0.2) is 0 Å². The molecule has 0 spiro atoms. The van der Waals surface area contributed by atoms with Gasteiger partial charge in [-0.3, -0.25) is 4.79 Å². The number of hydrogen-bond donors (Lipinski definition) is 1. The van der Waals surface area contributed by atoms with Gasteiger partial charge in [0, 0.05) is 6.20 Å². The van der Waals surface area contributed by atoms with E-state index in [-0.39, 0.29) is 12.3 Å². The fourth-order valence-electron chi connectivity index (χ4n) is 1.51. The van der Waals surface area contributed by atoms with Crippen molar-refractivity contribution in [2.45, 2.75) is 13.0 Å². The Balaban J connectivity index is 1.89. The molecule has 0 aliphatic carbocycles. The monoisotopic (exact) mass is 295 g/mol. The Bertz CT molecular complexity index is 575. The van der Waals surface area contributed by atoms with Crippen molar-refractivity contribution in [3.8, 4) is 0 Å². The Morgan fingerprint density at radius 3 is 2.74 bits per heavy atom. The molecule has 0 radical (unpaired) electrons. The summed E-state index contributed by atoms with van der Waals surface area (Å²) in [5, 5.41) is 3.70. The van der Waals surface area contributed by atoms with E-state index in [9.17, 15) is 4.79 Å². The topological polar surface area (TPSA) is 54.9 Å². The molecule has 1 N–H and O–H groups in total. The van der Waals surface area contributed by atoms with Crippen LogP contribution in [0.2, 0.25) is 10.0 Å². The second kappa shape index (κ2) is 6.50. The minimum atomic E-state index is -0.1000. The average molecular weight is 296 g/mol. The summed E-state index contributed by atoms with van der Waals surface area (Å²) < 4.78 is 0. The largest absolute Gasteiger partial charge is 0.350 e. The molecule has 98 valence electrons. The van der Waals surface area contributed by atoms with Gasteiger partial charge in [0.2, 0.25) is 5.91 Å². The van der Waals surface area contributed by atoms with E-state index in [1.54, 1.807) is 30.5 Å². The first-order valence-electron chi connectivity index (χ1n) is 5.60. The number of benzene rings is 1. The van der Waals surface area contributed by atoms with Crippen LogP contribution in [0.25, 0.3) is 0 Å². The van der Waals surface area contributed by atoms with Gasteiger partial charge in [-0.2, -0.15) is 0 Å². The third-order valence-electron chi connectivity index (χ3n) is 2.46. The Labute approximate surface area is 120 Å². The second-order valence-electron chi connectivity index (χ2n) is 3.90. The molecule has 0 unspecified atom stereocenters. The minimum absolute atomic E-state index is 0.1000. The SMILES string of the molecule is O=C(Cc1ccc(Cl)c(Cl)c1)NCc1ccncn1. The van der Waals surface area contributed by atoms with Gasteiger partial charge in [0.05, 0.1) is 28.7 Å². The molecular weight excluding hydrogens is 285 g/mol. The highest BCUT2D eigenvalue weighted by atomic mass is 35.5. The predicted octanol–water partition coefficient (Wildman–Crippen LogP) is 2.64. The van der Waals surface area contributed by atoms with Gasteiger partial charge in [0.25, 0.3) is 0 Å². The Hall–Kier alpha value is -1.65. The lowest BCUT2D eigenvalue weighted by atomic mass is 10.1. The molecule has 0 saturated heterocycles. The normalized spacial score (nSPS) is 10.2. The summed E-state index contributed by atoms with van der Waals surface area (Å²) in [6.07, 6.45) is 3.33. The van der Waals surface area contributed by atoms with Crippen molar-refractivity contribution in [3.63, 3.8) is 0 Å². The first-order valence-corrected chi connectivity index (χ1v) is 6.36. The minimum Gasteiger partial charge on any atom is -0.350 e. The van der Waals surface area contributed by atoms with Gasteiger partial charge < -0.3 is 5.32 Å². The zero-order valence-corrected chi connectivity index (χ0v) is 11.4. The quantitative estimate of drug-likeness (QED) is 0.943.